The molecule has 0 saturated heterocycles. The van der Waals surface area contributed by atoms with E-state index in [4.69, 9.17) is 12.2 Å². The minimum Gasteiger partial charge on any atom is -0.332 e. The standard InChI is InChI=1S/C18H20FN3O3S2/c1-3-22(4-2)27(24,25)16-11-9-15(10-12-16)20-18(26)21-17(23)13-5-7-14(19)8-6-13/h5-12H,3-4H2,1-2H3,(H2,20,21,23,26). The van der Waals surface area contributed by atoms with E-state index in [1.54, 1.807) is 26.0 Å². The van der Waals surface area contributed by atoms with Crippen molar-refractivity contribution in [3.8, 4) is 0 Å². The van der Waals surface area contributed by atoms with Gasteiger partial charge in [0.25, 0.3) is 5.91 Å². The van der Waals surface area contributed by atoms with Gasteiger partial charge < -0.3 is 5.32 Å². The molecule has 9 heteroatoms. The van der Waals surface area contributed by atoms with E-state index in [9.17, 15) is 17.6 Å². The number of sulfonamides is 1. The van der Waals surface area contributed by atoms with Crippen LogP contribution in [0.25, 0.3) is 0 Å². The third kappa shape index (κ3) is 5.31. The molecule has 0 bridgehead atoms. The molecule has 2 rings (SSSR count). The average Bonchev–Trinajstić information content (AvgIpc) is 2.63. The zero-order chi connectivity index (χ0) is 20.0. The quantitative estimate of drug-likeness (QED) is 0.717. The lowest BCUT2D eigenvalue weighted by molar-refractivity contribution is 0.0977. The number of halogens is 1. The highest BCUT2D eigenvalue weighted by Crippen LogP contribution is 2.18. The van der Waals surface area contributed by atoms with Gasteiger partial charge in [-0.2, -0.15) is 4.31 Å². The van der Waals surface area contributed by atoms with Gasteiger partial charge in [-0.3, -0.25) is 10.1 Å². The highest BCUT2D eigenvalue weighted by atomic mass is 32.2. The maximum atomic E-state index is 12.9. The first-order valence-corrected chi connectivity index (χ1v) is 10.1. The Morgan fingerprint density at radius 1 is 1.04 bits per heavy atom. The molecule has 0 radical (unpaired) electrons. The fraction of sp³-hybridized carbons (Fsp3) is 0.222. The zero-order valence-corrected chi connectivity index (χ0v) is 16.5. The van der Waals surface area contributed by atoms with Crippen LogP contribution in [0.15, 0.2) is 53.4 Å². The Morgan fingerprint density at radius 2 is 1.59 bits per heavy atom. The van der Waals surface area contributed by atoms with Crippen molar-refractivity contribution in [2.45, 2.75) is 18.7 Å². The maximum Gasteiger partial charge on any atom is 0.257 e. The minimum absolute atomic E-state index is 0.0451. The number of anilines is 1. The largest absolute Gasteiger partial charge is 0.332 e. The van der Waals surface area contributed by atoms with Gasteiger partial charge in [0.2, 0.25) is 10.0 Å². The van der Waals surface area contributed by atoms with Crippen LogP contribution in [0.1, 0.15) is 24.2 Å². The zero-order valence-electron chi connectivity index (χ0n) is 14.9. The molecule has 2 N–H and O–H groups in total. The number of thiocarbonyl (C=S) groups is 1. The number of hydrogen-bond donors (Lipinski definition) is 2. The Hall–Kier alpha value is -2.36. The number of nitrogens with one attached hydrogen (secondary N) is 2. The van der Waals surface area contributed by atoms with Crippen LogP contribution in [-0.2, 0) is 10.0 Å². The molecule has 6 nitrogen and oxygen atoms in total. The molecular weight excluding hydrogens is 389 g/mol. The number of nitrogens with zero attached hydrogens (tertiary/aromatic N) is 1. The van der Waals surface area contributed by atoms with Crippen LogP contribution in [0.2, 0.25) is 0 Å². The first-order valence-electron chi connectivity index (χ1n) is 8.26. The summed E-state index contributed by atoms with van der Waals surface area (Å²) in [6.07, 6.45) is 0. The minimum atomic E-state index is -3.53. The molecule has 0 aliphatic heterocycles. The number of carbonyl (C=O) groups is 1. The van der Waals surface area contributed by atoms with Crippen molar-refractivity contribution >= 4 is 38.9 Å². The average molecular weight is 410 g/mol. The van der Waals surface area contributed by atoms with Gasteiger partial charge in [-0.1, -0.05) is 13.8 Å². The lowest BCUT2D eigenvalue weighted by Gasteiger charge is -2.18. The number of amides is 1. The third-order valence-electron chi connectivity index (χ3n) is 3.79. The van der Waals surface area contributed by atoms with Gasteiger partial charge in [0.1, 0.15) is 5.82 Å². The van der Waals surface area contributed by atoms with E-state index >= 15 is 0 Å². The van der Waals surface area contributed by atoms with E-state index < -0.39 is 21.7 Å². The summed E-state index contributed by atoms with van der Waals surface area (Å²) in [5, 5.41) is 5.33. The molecule has 0 saturated carbocycles. The van der Waals surface area contributed by atoms with Crippen molar-refractivity contribution < 1.29 is 17.6 Å². The van der Waals surface area contributed by atoms with Crippen LogP contribution < -0.4 is 10.6 Å². The lowest BCUT2D eigenvalue weighted by atomic mass is 10.2. The second-order valence-electron chi connectivity index (χ2n) is 5.53. The molecule has 144 valence electrons. The number of benzene rings is 2. The highest BCUT2D eigenvalue weighted by Gasteiger charge is 2.21. The summed E-state index contributed by atoms with van der Waals surface area (Å²) < 4.78 is 39.2. The molecule has 0 spiro atoms. The van der Waals surface area contributed by atoms with Gasteiger partial charge in [0.05, 0.1) is 4.90 Å². The third-order valence-corrected chi connectivity index (χ3v) is 6.06. The summed E-state index contributed by atoms with van der Waals surface area (Å²) in [6, 6.07) is 11.1. The maximum absolute atomic E-state index is 12.9. The second kappa shape index (κ2) is 9.03. The molecule has 1 amide bonds. The molecule has 0 atom stereocenters. The molecule has 2 aromatic rings. The van der Waals surface area contributed by atoms with Crippen LogP contribution in [0.5, 0.6) is 0 Å². The fourth-order valence-corrected chi connectivity index (χ4v) is 4.03. The SMILES string of the molecule is CCN(CC)S(=O)(=O)c1ccc(NC(=S)NC(=O)c2ccc(F)cc2)cc1. The molecule has 2 aromatic carbocycles. The summed E-state index contributed by atoms with van der Waals surface area (Å²) in [5.41, 5.74) is 0.791. The Bertz CT molecular complexity index is 910. The Balaban J connectivity index is 2.02. The van der Waals surface area contributed by atoms with Crippen molar-refractivity contribution in [2.75, 3.05) is 18.4 Å². The monoisotopic (exact) mass is 409 g/mol. The van der Waals surface area contributed by atoms with Crippen LogP contribution in [-0.4, -0.2) is 36.8 Å². The van der Waals surface area contributed by atoms with Crippen molar-refractivity contribution in [2.24, 2.45) is 0 Å². The molecule has 0 unspecified atom stereocenters. The molecule has 0 aliphatic rings. The van der Waals surface area contributed by atoms with Crippen LogP contribution in [0.3, 0.4) is 0 Å². The smallest absolute Gasteiger partial charge is 0.257 e. The van der Waals surface area contributed by atoms with Crippen LogP contribution in [0.4, 0.5) is 10.1 Å². The van der Waals surface area contributed by atoms with Crippen molar-refractivity contribution in [1.82, 2.24) is 9.62 Å². The topological polar surface area (TPSA) is 78.5 Å². The molecule has 0 heterocycles. The van der Waals surface area contributed by atoms with Gasteiger partial charge in [-0.15, -0.1) is 0 Å². The first kappa shape index (κ1) is 20.9. The second-order valence-corrected chi connectivity index (χ2v) is 7.88. The number of hydrogen-bond acceptors (Lipinski definition) is 4. The first-order chi connectivity index (χ1) is 12.8. The van der Waals surface area contributed by atoms with Crippen LogP contribution >= 0.6 is 12.2 Å². The summed E-state index contributed by atoms with van der Waals surface area (Å²) in [7, 11) is -3.53. The fourth-order valence-electron chi connectivity index (χ4n) is 2.36. The van der Waals surface area contributed by atoms with E-state index in [1.165, 1.54) is 40.7 Å². The van der Waals surface area contributed by atoms with Gasteiger partial charge >= 0.3 is 0 Å². The van der Waals surface area contributed by atoms with E-state index in [2.05, 4.69) is 10.6 Å². The van der Waals surface area contributed by atoms with Gasteiger partial charge in [-0.25, -0.2) is 12.8 Å². The normalized spacial score (nSPS) is 11.3. The molecular formula is C18H20FN3O3S2. The Morgan fingerprint density at radius 3 is 2.11 bits per heavy atom. The van der Waals surface area contributed by atoms with Gasteiger partial charge in [-0.05, 0) is 60.7 Å². The van der Waals surface area contributed by atoms with Crippen molar-refractivity contribution in [3.63, 3.8) is 0 Å². The van der Waals surface area contributed by atoms with Crippen molar-refractivity contribution in [1.29, 1.82) is 0 Å². The van der Waals surface area contributed by atoms with Crippen molar-refractivity contribution in [3.05, 3.63) is 59.9 Å². The highest BCUT2D eigenvalue weighted by molar-refractivity contribution is 7.89. The summed E-state index contributed by atoms with van der Waals surface area (Å²) in [5.74, 6) is -0.916. The van der Waals surface area contributed by atoms with E-state index in [1.807, 2.05) is 0 Å². The summed E-state index contributed by atoms with van der Waals surface area (Å²) in [6.45, 7) is 4.33. The van der Waals surface area contributed by atoms with E-state index in [-0.39, 0.29) is 15.6 Å². The predicted molar refractivity (Wildman–Crippen MR) is 107 cm³/mol. The number of rotatable bonds is 6. The molecule has 0 aliphatic carbocycles. The van der Waals surface area contributed by atoms with Crippen LogP contribution in [0, 0.1) is 5.82 Å². The summed E-state index contributed by atoms with van der Waals surface area (Å²) >= 11 is 5.08. The molecule has 27 heavy (non-hydrogen) atoms. The van der Waals surface area contributed by atoms with Gasteiger partial charge in [0.15, 0.2) is 5.11 Å². The molecule has 0 aromatic heterocycles. The Labute approximate surface area is 163 Å². The van der Waals surface area contributed by atoms with E-state index in [0.717, 1.165) is 0 Å². The number of carbonyl (C=O) groups excluding carboxylic acids is 1. The Kier molecular flexibility index (Phi) is 7.00. The van der Waals surface area contributed by atoms with Gasteiger partial charge in [0, 0.05) is 24.3 Å². The molecule has 0 fully saturated rings. The lowest BCUT2D eigenvalue weighted by Crippen LogP contribution is -2.34. The summed E-state index contributed by atoms with van der Waals surface area (Å²) in [4.78, 5) is 12.2. The predicted octanol–water partition coefficient (Wildman–Crippen LogP) is 2.98. The van der Waals surface area contributed by atoms with E-state index in [0.29, 0.717) is 18.8 Å².